The van der Waals surface area contributed by atoms with E-state index in [2.05, 4.69) is 10.3 Å². The van der Waals surface area contributed by atoms with Crippen LogP contribution in [-0.4, -0.2) is 39.6 Å². The molecule has 0 radical (unpaired) electrons. The van der Waals surface area contributed by atoms with Gasteiger partial charge in [0.15, 0.2) is 0 Å². The highest BCUT2D eigenvalue weighted by molar-refractivity contribution is 5.78. The minimum Gasteiger partial charge on any atom is -0.481 e. The highest BCUT2D eigenvalue weighted by atomic mass is 16.4. The molecule has 2 unspecified atom stereocenters. The second kappa shape index (κ2) is 5.52. The summed E-state index contributed by atoms with van der Waals surface area (Å²) in [5.74, 6) is -0.163. The van der Waals surface area contributed by atoms with E-state index in [-0.39, 0.29) is 18.6 Å². The molecular formula is C13H19N3O4. The van der Waals surface area contributed by atoms with Crippen LogP contribution in [0.4, 0.5) is 4.79 Å². The maximum absolute atomic E-state index is 12.0. The van der Waals surface area contributed by atoms with Crippen LogP contribution >= 0.6 is 0 Å². The molecule has 7 nitrogen and oxygen atoms in total. The zero-order valence-electron chi connectivity index (χ0n) is 11.8. The van der Waals surface area contributed by atoms with Crippen molar-refractivity contribution < 1.29 is 19.1 Å². The molecule has 0 saturated carbocycles. The van der Waals surface area contributed by atoms with Crippen molar-refractivity contribution in [1.29, 1.82) is 0 Å². The number of rotatable bonds is 3. The largest absolute Gasteiger partial charge is 0.481 e. The van der Waals surface area contributed by atoms with Crippen LogP contribution in [0.2, 0.25) is 0 Å². The average molecular weight is 281 g/mol. The maximum Gasteiger partial charge on any atom is 0.318 e. The Bertz CT molecular complexity index is 506. The summed E-state index contributed by atoms with van der Waals surface area (Å²) in [6, 6.07) is -0.588. The topological polar surface area (TPSA) is 95.7 Å². The van der Waals surface area contributed by atoms with Crippen molar-refractivity contribution in [3.8, 4) is 0 Å². The third-order valence-electron chi connectivity index (χ3n) is 3.80. The smallest absolute Gasteiger partial charge is 0.318 e. The van der Waals surface area contributed by atoms with Crippen LogP contribution in [0.3, 0.4) is 0 Å². The van der Waals surface area contributed by atoms with Gasteiger partial charge in [0.25, 0.3) is 0 Å². The lowest BCUT2D eigenvalue weighted by atomic mass is 10.0. The Hall–Kier alpha value is -2.05. The third-order valence-corrected chi connectivity index (χ3v) is 3.80. The molecule has 0 aromatic carbocycles. The van der Waals surface area contributed by atoms with Crippen molar-refractivity contribution in [2.45, 2.75) is 39.8 Å². The predicted molar refractivity (Wildman–Crippen MR) is 70.1 cm³/mol. The number of likely N-dealkylation sites (tertiary alicyclic amines) is 1. The molecule has 0 aliphatic carbocycles. The van der Waals surface area contributed by atoms with E-state index in [1.54, 1.807) is 11.8 Å². The molecule has 2 rings (SSSR count). The molecule has 2 atom stereocenters. The molecule has 2 N–H and O–H groups in total. The number of carboxylic acid groups (broad SMARTS) is 1. The summed E-state index contributed by atoms with van der Waals surface area (Å²) in [5, 5.41) is 11.8. The van der Waals surface area contributed by atoms with Crippen molar-refractivity contribution in [3.63, 3.8) is 0 Å². The zero-order chi connectivity index (χ0) is 14.9. The Morgan fingerprint density at radius 1 is 1.50 bits per heavy atom. The molecule has 110 valence electrons. The number of carboxylic acids is 1. The molecule has 0 bridgehead atoms. The molecule has 1 aromatic heterocycles. The maximum atomic E-state index is 12.0. The molecule has 1 aliphatic heterocycles. The van der Waals surface area contributed by atoms with Crippen LogP contribution in [0.1, 0.15) is 30.7 Å². The number of aryl methyl sites for hydroxylation is 2. The van der Waals surface area contributed by atoms with E-state index in [1.807, 2.05) is 13.8 Å². The molecule has 1 fully saturated rings. The second-order valence-electron chi connectivity index (χ2n) is 5.08. The summed E-state index contributed by atoms with van der Waals surface area (Å²) in [5.41, 5.74) is 0.801. The lowest BCUT2D eigenvalue weighted by Crippen LogP contribution is -2.43. The summed E-state index contributed by atoms with van der Waals surface area (Å²) in [6.45, 7) is 6.06. The highest BCUT2D eigenvalue weighted by Crippen LogP contribution is 2.24. The molecular weight excluding hydrogens is 262 g/mol. The minimum atomic E-state index is -0.855. The number of aliphatic carboxylic acids is 1. The van der Waals surface area contributed by atoms with Gasteiger partial charge in [0, 0.05) is 12.6 Å². The van der Waals surface area contributed by atoms with Crippen LogP contribution < -0.4 is 5.32 Å². The Morgan fingerprint density at radius 3 is 2.70 bits per heavy atom. The van der Waals surface area contributed by atoms with Crippen molar-refractivity contribution in [2.24, 2.45) is 5.92 Å². The fraction of sp³-hybridized carbons (Fsp3) is 0.615. The van der Waals surface area contributed by atoms with Gasteiger partial charge in [0.05, 0.1) is 18.2 Å². The predicted octanol–water partition coefficient (Wildman–Crippen LogP) is 1.30. The fourth-order valence-electron chi connectivity index (χ4n) is 2.42. The van der Waals surface area contributed by atoms with Gasteiger partial charge in [0.1, 0.15) is 5.76 Å². The van der Waals surface area contributed by atoms with Crippen LogP contribution in [0.5, 0.6) is 0 Å². The first-order valence-electron chi connectivity index (χ1n) is 6.60. The van der Waals surface area contributed by atoms with Crippen molar-refractivity contribution in [2.75, 3.05) is 6.54 Å². The number of carbonyl (C=O) groups is 2. The number of carbonyl (C=O) groups excluding carboxylic acids is 1. The van der Waals surface area contributed by atoms with Gasteiger partial charge >= 0.3 is 12.0 Å². The molecule has 2 heterocycles. The molecule has 1 aliphatic rings. The summed E-state index contributed by atoms with van der Waals surface area (Å²) in [4.78, 5) is 28.8. The summed E-state index contributed by atoms with van der Waals surface area (Å²) >= 11 is 0. The van der Waals surface area contributed by atoms with Crippen molar-refractivity contribution in [3.05, 3.63) is 17.3 Å². The molecule has 7 heteroatoms. The molecule has 1 aromatic rings. The first-order valence-corrected chi connectivity index (χ1v) is 6.60. The summed E-state index contributed by atoms with van der Waals surface area (Å²) in [7, 11) is 0. The van der Waals surface area contributed by atoms with Crippen molar-refractivity contribution in [1.82, 2.24) is 15.2 Å². The van der Waals surface area contributed by atoms with Gasteiger partial charge in [-0.1, -0.05) is 0 Å². The van der Waals surface area contributed by atoms with Crippen molar-refractivity contribution >= 4 is 12.0 Å². The van der Waals surface area contributed by atoms with E-state index < -0.39 is 11.9 Å². The highest BCUT2D eigenvalue weighted by Gasteiger charge is 2.38. The Labute approximate surface area is 117 Å². The first kappa shape index (κ1) is 14.4. The van der Waals surface area contributed by atoms with Gasteiger partial charge in [-0.15, -0.1) is 0 Å². The number of aromatic nitrogens is 1. The van der Waals surface area contributed by atoms with E-state index in [4.69, 9.17) is 9.52 Å². The quantitative estimate of drug-likeness (QED) is 0.870. The number of nitrogens with zero attached hydrogens (tertiary/aromatic N) is 2. The van der Waals surface area contributed by atoms with E-state index in [1.165, 1.54) is 0 Å². The van der Waals surface area contributed by atoms with Gasteiger partial charge in [-0.25, -0.2) is 9.78 Å². The monoisotopic (exact) mass is 281 g/mol. The van der Waals surface area contributed by atoms with E-state index in [9.17, 15) is 9.59 Å². The Morgan fingerprint density at radius 2 is 2.20 bits per heavy atom. The number of nitrogens with one attached hydrogen (secondary N) is 1. The van der Waals surface area contributed by atoms with Gasteiger partial charge < -0.3 is 19.7 Å². The normalized spacial score (nSPS) is 22.1. The second-order valence-corrected chi connectivity index (χ2v) is 5.08. The van der Waals surface area contributed by atoms with Crippen LogP contribution in [-0.2, 0) is 11.3 Å². The van der Waals surface area contributed by atoms with Gasteiger partial charge in [-0.2, -0.15) is 0 Å². The van der Waals surface area contributed by atoms with Gasteiger partial charge in [-0.05, 0) is 27.2 Å². The third kappa shape index (κ3) is 2.76. The lowest BCUT2D eigenvalue weighted by molar-refractivity contribution is -0.142. The fourth-order valence-corrected chi connectivity index (χ4v) is 2.42. The molecule has 0 spiro atoms. The van der Waals surface area contributed by atoms with Gasteiger partial charge in [0.2, 0.25) is 5.89 Å². The Balaban J connectivity index is 1.91. The number of hydrogen-bond acceptors (Lipinski definition) is 4. The number of oxazole rings is 1. The first-order chi connectivity index (χ1) is 9.40. The lowest BCUT2D eigenvalue weighted by Gasteiger charge is -2.23. The number of amides is 2. The van der Waals surface area contributed by atoms with Crippen LogP contribution in [0.25, 0.3) is 0 Å². The van der Waals surface area contributed by atoms with Crippen LogP contribution in [0, 0.1) is 19.8 Å². The number of hydrogen-bond donors (Lipinski definition) is 2. The SMILES string of the molecule is Cc1nc(CNC(=O)N2CCC(C(=O)O)C2C)oc1C. The van der Waals surface area contributed by atoms with Crippen LogP contribution in [0.15, 0.2) is 4.42 Å². The zero-order valence-corrected chi connectivity index (χ0v) is 11.8. The minimum absolute atomic E-state index is 0.203. The van der Waals surface area contributed by atoms with Gasteiger partial charge in [-0.3, -0.25) is 4.79 Å². The standard InChI is InChI=1S/C13H19N3O4/c1-7-9(3)20-11(15-7)6-14-13(19)16-5-4-10(8(16)2)12(17)18/h8,10H,4-6H2,1-3H3,(H,14,19)(H,17,18). The van der Waals surface area contributed by atoms with E-state index in [0.29, 0.717) is 18.9 Å². The Kier molecular flexibility index (Phi) is 3.96. The van der Waals surface area contributed by atoms with E-state index >= 15 is 0 Å². The average Bonchev–Trinajstić information content (AvgIpc) is 2.90. The molecule has 20 heavy (non-hydrogen) atoms. The van der Waals surface area contributed by atoms with E-state index in [0.717, 1.165) is 11.5 Å². The molecule has 1 saturated heterocycles. The molecule has 2 amide bonds. The summed E-state index contributed by atoms with van der Waals surface area (Å²) < 4.78 is 5.38. The number of urea groups is 1. The summed E-state index contributed by atoms with van der Waals surface area (Å²) in [6.07, 6.45) is 0.487.